The second-order valence-electron chi connectivity index (χ2n) is 7.04. The number of aryl methyl sites for hydroxylation is 2. The number of amides is 1. The van der Waals surface area contributed by atoms with Gasteiger partial charge in [-0.25, -0.2) is 0 Å². The van der Waals surface area contributed by atoms with Crippen LogP contribution in [0.25, 0.3) is 0 Å². The summed E-state index contributed by atoms with van der Waals surface area (Å²) in [6.07, 6.45) is 1.24. The lowest BCUT2D eigenvalue weighted by Gasteiger charge is -2.37. The van der Waals surface area contributed by atoms with Gasteiger partial charge in [0.1, 0.15) is 12.0 Å². The third kappa shape index (κ3) is 4.93. The third-order valence-corrected chi connectivity index (χ3v) is 5.53. The molecule has 0 aliphatic carbocycles. The van der Waals surface area contributed by atoms with Crippen LogP contribution in [0.2, 0.25) is 0 Å². The molecule has 1 aliphatic heterocycles. The molecule has 0 spiro atoms. The molecule has 2 aromatic carbocycles. The van der Waals surface area contributed by atoms with Gasteiger partial charge >= 0.3 is 0 Å². The van der Waals surface area contributed by atoms with Crippen molar-refractivity contribution in [1.82, 2.24) is 4.90 Å². The Morgan fingerprint density at radius 1 is 1.07 bits per heavy atom. The van der Waals surface area contributed by atoms with Crippen molar-refractivity contribution in [2.75, 3.05) is 37.7 Å². The van der Waals surface area contributed by atoms with E-state index in [-0.39, 0.29) is 5.91 Å². The summed E-state index contributed by atoms with van der Waals surface area (Å²) >= 11 is 3.44. The van der Waals surface area contributed by atoms with Gasteiger partial charge in [0.05, 0.1) is 13.0 Å². The number of anilines is 1. The molecule has 6 heteroatoms. The van der Waals surface area contributed by atoms with Crippen molar-refractivity contribution in [3.05, 3.63) is 57.6 Å². The topological polar surface area (TPSA) is 49.9 Å². The Bertz CT molecular complexity index is 861. The van der Waals surface area contributed by atoms with Crippen LogP contribution in [-0.2, 0) is 4.79 Å². The van der Waals surface area contributed by atoms with Gasteiger partial charge < -0.3 is 14.5 Å². The van der Waals surface area contributed by atoms with E-state index >= 15 is 0 Å². The van der Waals surface area contributed by atoms with Gasteiger partial charge in [-0.2, -0.15) is 0 Å². The van der Waals surface area contributed by atoms with Crippen LogP contribution in [0.5, 0.6) is 5.75 Å². The van der Waals surface area contributed by atoms with Gasteiger partial charge in [-0.15, -0.1) is 0 Å². The second-order valence-corrected chi connectivity index (χ2v) is 7.96. The molecule has 0 aromatic heterocycles. The Balaban J connectivity index is 1.48. The van der Waals surface area contributed by atoms with E-state index in [9.17, 15) is 9.59 Å². The monoisotopic (exact) mass is 444 g/mol. The first-order valence-corrected chi connectivity index (χ1v) is 10.2. The number of hydrogen-bond acceptors (Lipinski definition) is 4. The van der Waals surface area contributed by atoms with Crippen LogP contribution >= 0.6 is 15.9 Å². The van der Waals surface area contributed by atoms with Gasteiger partial charge in [0.25, 0.3) is 0 Å². The lowest BCUT2D eigenvalue weighted by Crippen LogP contribution is -2.49. The predicted molar refractivity (Wildman–Crippen MR) is 114 cm³/mol. The molecule has 28 heavy (non-hydrogen) atoms. The first-order valence-electron chi connectivity index (χ1n) is 9.45. The Hall–Kier alpha value is -2.34. The van der Waals surface area contributed by atoms with E-state index in [0.717, 1.165) is 46.4 Å². The zero-order valence-corrected chi connectivity index (χ0v) is 17.9. The molecule has 1 heterocycles. The molecule has 3 rings (SSSR count). The molecule has 0 unspecified atom stereocenters. The molecule has 0 N–H and O–H groups in total. The van der Waals surface area contributed by atoms with E-state index in [1.807, 2.05) is 55.1 Å². The molecule has 1 aliphatic rings. The number of carbonyl (C=O) groups excluding carboxylic acids is 2. The highest BCUT2D eigenvalue weighted by Crippen LogP contribution is 2.23. The predicted octanol–water partition coefficient (Wildman–Crippen LogP) is 4.00. The Morgan fingerprint density at radius 3 is 2.46 bits per heavy atom. The van der Waals surface area contributed by atoms with Gasteiger partial charge in [0.15, 0.2) is 0 Å². The Morgan fingerprint density at radius 2 is 1.82 bits per heavy atom. The fourth-order valence-electron chi connectivity index (χ4n) is 3.48. The highest BCUT2D eigenvalue weighted by Gasteiger charge is 2.22. The van der Waals surface area contributed by atoms with Gasteiger partial charge in [0, 0.05) is 41.9 Å². The van der Waals surface area contributed by atoms with Crippen molar-refractivity contribution in [2.45, 2.75) is 20.3 Å². The summed E-state index contributed by atoms with van der Waals surface area (Å²) in [4.78, 5) is 27.6. The maximum absolute atomic E-state index is 12.5. The molecule has 0 saturated carbocycles. The number of aldehydes is 1. The zero-order valence-electron chi connectivity index (χ0n) is 16.3. The standard InChI is InChI=1S/C22H25BrN2O3/c1-16-13-18(15-26)3-5-20(16)24-8-10-25(11-9-24)22(27)7-12-28-21-6-4-19(23)14-17(21)2/h3-6,13-15H,7-12H2,1-2H3. The van der Waals surface area contributed by atoms with Crippen molar-refractivity contribution in [2.24, 2.45) is 0 Å². The van der Waals surface area contributed by atoms with E-state index in [1.54, 1.807) is 0 Å². The van der Waals surface area contributed by atoms with E-state index in [4.69, 9.17) is 4.74 Å². The van der Waals surface area contributed by atoms with Crippen molar-refractivity contribution in [3.8, 4) is 5.75 Å². The van der Waals surface area contributed by atoms with Crippen LogP contribution in [0.15, 0.2) is 40.9 Å². The summed E-state index contributed by atoms with van der Waals surface area (Å²) in [5, 5.41) is 0. The molecule has 1 amide bonds. The van der Waals surface area contributed by atoms with Gasteiger partial charge in [0.2, 0.25) is 5.91 Å². The second kappa shape index (κ2) is 9.24. The molecular formula is C22H25BrN2O3. The van der Waals surface area contributed by atoms with Crippen molar-refractivity contribution in [1.29, 1.82) is 0 Å². The van der Waals surface area contributed by atoms with Gasteiger partial charge in [-0.05, 0) is 61.4 Å². The number of benzene rings is 2. The van der Waals surface area contributed by atoms with Crippen LogP contribution in [0.1, 0.15) is 27.9 Å². The molecule has 148 valence electrons. The normalized spacial score (nSPS) is 14.1. The minimum absolute atomic E-state index is 0.127. The number of carbonyl (C=O) groups is 2. The van der Waals surface area contributed by atoms with Crippen LogP contribution in [-0.4, -0.2) is 49.9 Å². The van der Waals surface area contributed by atoms with Crippen molar-refractivity contribution in [3.63, 3.8) is 0 Å². The molecule has 0 atom stereocenters. The Labute approximate surface area is 174 Å². The van der Waals surface area contributed by atoms with E-state index in [2.05, 4.69) is 20.8 Å². The summed E-state index contributed by atoms with van der Waals surface area (Å²) in [7, 11) is 0. The van der Waals surface area contributed by atoms with Crippen LogP contribution in [0.3, 0.4) is 0 Å². The lowest BCUT2D eigenvalue weighted by atomic mass is 10.1. The summed E-state index contributed by atoms with van der Waals surface area (Å²) < 4.78 is 6.79. The molecule has 1 saturated heterocycles. The zero-order chi connectivity index (χ0) is 20.1. The molecule has 0 radical (unpaired) electrons. The van der Waals surface area contributed by atoms with E-state index in [1.165, 1.54) is 0 Å². The molecular weight excluding hydrogens is 420 g/mol. The number of halogens is 1. The third-order valence-electron chi connectivity index (χ3n) is 5.04. The van der Waals surface area contributed by atoms with Crippen molar-refractivity contribution < 1.29 is 14.3 Å². The molecule has 5 nitrogen and oxygen atoms in total. The Kier molecular flexibility index (Phi) is 6.73. The first kappa shape index (κ1) is 20.4. The van der Waals surface area contributed by atoms with Crippen LogP contribution in [0.4, 0.5) is 5.69 Å². The summed E-state index contributed by atoms with van der Waals surface area (Å²) in [6, 6.07) is 11.6. The average molecular weight is 445 g/mol. The molecule has 2 aromatic rings. The van der Waals surface area contributed by atoms with Gasteiger partial charge in [-0.1, -0.05) is 15.9 Å². The number of rotatable bonds is 6. The fourth-order valence-corrected chi connectivity index (χ4v) is 3.96. The minimum Gasteiger partial charge on any atom is -0.493 e. The molecule has 0 bridgehead atoms. The van der Waals surface area contributed by atoms with Crippen LogP contribution in [0, 0.1) is 13.8 Å². The highest BCUT2D eigenvalue weighted by molar-refractivity contribution is 9.10. The minimum atomic E-state index is 0.127. The number of hydrogen-bond donors (Lipinski definition) is 0. The average Bonchev–Trinajstić information content (AvgIpc) is 2.69. The van der Waals surface area contributed by atoms with E-state index in [0.29, 0.717) is 31.7 Å². The molecule has 1 fully saturated rings. The fraction of sp³-hybridized carbons (Fsp3) is 0.364. The number of piperazine rings is 1. The summed E-state index contributed by atoms with van der Waals surface area (Å²) in [5.74, 6) is 0.942. The van der Waals surface area contributed by atoms with Gasteiger partial charge in [-0.3, -0.25) is 9.59 Å². The van der Waals surface area contributed by atoms with Crippen LogP contribution < -0.4 is 9.64 Å². The number of ether oxygens (including phenoxy) is 1. The SMILES string of the molecule is Cc1cc(Br)ccc1OCCC(=O)N1CCN(c2ccc(C=O)cc2C)CC1. The summed E-state index contributed by atoms with van der Waals surface area (Å²) in [5.41, 5.74) is 3.96. The smallest absolute Gasteiger partial charge is 0.226 e. The first-order chi connectivity index (χ1) is 13.5. The van der Waals surface area contributed by atoms with E-state index < -0.39 is 0 Å². The quantitative estimate of drug-likeness (QED) is 0.631. The maximum atomic E-state index is 12.5. The lowest BCUT2D eigenvalue weighted by molar-refractivity contribution is -0.132. The summed E-state index contributed by atoms with van der Waals surface area (Å²) in [6.45, 7) is 7.37. The van der Waals surface area contributed by atoms with Crippen molar-refractivity contribution >= 4 is 33.8 Å². The maximum Gasteiger partial charge on any atom is 0.226 e. The highest BCUT2D eigenvalue weighted by atomic mass is 79.9. The number of nitrogens with zero attached hydrogens (tertiary/aromatic N) is 2. The largest absolute Gasteiger partial charge is 0.493 e.